The average molecular weight is 253 g/mol. The van der Waals surface area contributed by atoms with Crippen LogP contribution in [0.1, 0.15) is 17.6 Å². The zero-order valence-electron chi connectivity index (χ0n) is 6.47. The maximum atomic E-state index is 12.3. The lowest BCUT2D eigenvalue weighted by Gasteiger charge is -2.09. The zero-order chi connectivity index (χ0) is 10.0. The summed E-state index contributed by atoms with van der Waals surface area (Å²) in [4.78, 5) is 3.61. The molecule has 1 heterocycles. The Morgan fingerprint density at radius 1 is 1.62 bits per heavy atom. The van der Waals surface area contributed by atoms with E-state index in [4.69, 9.17) is 10.8 Å². The molecule has 0 radical (unpaired) electrons. The quantitative estimate of drug-likeness (QED) is 0.791. The Bertz CT molecular complexity index is 320. The van der Waals surface area contributed by atoms with Crippen molar-refractivity contribution >= 4 is 21.6 Å². The molecule has 0 spiro atoms. The van der Waals surface area contributed by atoms with E-state index in [9.17, 15) is 8.78 Å². The molecular weight excluding hydrogens is 246 g/mol. The van der Waals surface area contributed by atoms with Gasteiger partial charge in [0.05, 0.1) is 12.3 Å². The Hall–Kier alpha value is -0.750. The largest absolute Gasteiger partial charge is 0.396 e. The summed E-state index contributed by atoms with van der Waals surface area (Å²) in [6.45, 7) is -0.521. The Morgan fingerprint density at radius 3 is 2.69 bits per heavy atom. The van der Waals surface area contributed by atoms with Crippen molar-refractivity contribution in [3.63, 3.8) is 0 Å². The smallest absolute Gasteiger partial charge is 0.265 e. The molecule has 0 unspecified atom stereocenters. The van der Waals surface area contributed by atoms with Crippen LogP contribution in [0.5, 0.6) is 0 Å². The molecule has 0 fully saturated rings. The highest BCUT2D eigenvalue weighted by atomic mass is 79.9. The van der Waals surface area contributed by atoms with E-state index < -0.39 is 13.0 Å². The van der Waals surface area contributed by atoms with Gasteiger partial charge in [-0.05, 0) is 15.9 Å². The van der Waals surface area contributed by atoms with Crippen molar-refractivity contribution in [2.24, 2.45) is 0 Å². The topological polar surface area (TPSA) is 59.1 Å². The van der Waals surface area contributed by atoms with Gasteiger partial charge in [-0.3, -0.25) is 0 Å². The van der Waals surface area contributed by atoms with Crippen molar-refractivity contribution in [1.82, 2.24) is 4.98 Å². The second kappa shape index (κ2) is 3.97. The van der Waals surface area contributed by atoms with Gasteiger partial charge in [0.1, 0.15) is 4.60 Å². The molecule has 1 rings (SSSR count). The van der Waals surface area contributed by atoms with Crippen molar-refractivity contribution in [3.8, 4) is 0 Å². The number of pyridine rings is 1. The summed E-state index contributed by atoms with van der Waals surface area (Å²) in [5.74, 6) is 0. The second-order valence-electron chi connectivity index (χ2n) is 2.36. The van der Waals surface area contributed by atoms with Gasteiger partial charge in [0.15, 0.2) is 0 Å². The average Bonchev–Trinajstić information content (AvgIpc) is 2.09. The van der Waals surface area contributed by atoms with E-state index in [0.717, 1.165) is 6.20 Å². The molecule has 0 aliphatic rings. The molecule has 0 bridgehead atoms. The van der Waals surface area contributed by atoms with Crippen molar-refractivity contribution < 1.29 is 13.9 Å². The summed E-state index contributed by atoms with van der Waals surface area (Å²) in [6, 6.07) is 0. The van der Waals surface area contributed by atoms with Crippen LogP contribution in [0.2, 0.25) is 0 Å². The molecule has 1 aromatic rings. The van der Waals surface area contributed by atoms with Gasteiger partial charge >= 0.3 is 0 Å². The van der Waals surface area contributed by atoms with Gasteiger partial charge in [-0.15, -0.1) is 0 Å². The number of anilines is 1. The lowest BCUT2D eigenvalue weighted by molar-refractivity contribution is 0.146. The number of nitrogen functional groups attached to an aromatic ring is 1. The highest BCUT2D eigenvalue weighted by Crippen LogP contribution is 2.29. The Morgan fingerprint density at radius 2 is 2.23 bits per heavy atom. The van der Waals surface area contributed by atoms with E-state index in [1.165, 1.54) is 0 Å². The van der Waals surface area contributed by atoms with E-state index in [2.05, 4.69) is 20.9 Å². The fourth-order valence-corrected chi connectivity index (χ4v) is 1.26. The summed E-state index contributed by atoms with van der Waals surface area (Å²) in [5.41, 5.74) is 5.18. The van der Waals surface area contributed by atoms with Crippen LogP contribution in [-0.4, -0.2) is 10.1 Å². The number of hydrogen-bond acceptors (Lipinski definition) is 3. The third-order valence-corrected chi connectivity index (χ3v) is 2.24. The first-order valence-corrected chi connectivity index (χ1v) is 4.19. The van der Waals surface area contributed by atoms with Gasteiger partial charge in [-0.1, -0.05) is 0 Å². The van der Waals surface area contributed by atoms with Crippen molar-refractivity contribution in [2.45, 2.75) is 13.0 Å². The molecule has 72 valence electrons. The van der Waals surface area contributed by atoms with E-state index in [-0.39, 0.29) is 21.4 Å². The van der Waals surface area contributed by atoms with Crippen LogP contribution in [0.3, 0.4) is 0 Å². The minimum atomic E-state index is -2.68. The lowest BCUT2D eigenvalue weighted by atomic mass is 10.1. The molecule has 0 amide bonds. The van der Waals surface area contributed by atoms with Crippen LogP contribution in [0.4, 0.5) is 14.5 Å². The maximum absolute atomic E-state index is 12.3. The minimum Gasteiger partial charge on any atom is -0.396 e. The Balaban J connectivity index is 3.30. The van der Waals surface area contributed by atoms with Crippen molar-refractivity contribution in [2.75, 3.05) is 5.73 Å². The van der Waals surface area contributed by atoms with Crippen molar-refractivity contribution in [3.05, 3.63) is 21.9 Å². The van der Waals surface area contributed by atoms with Gasteiger partial charge in [0.2, 0.25) is 0 Å². The third-order valence-electron chi connectivity index (χ3n) is 1.61. The first kappa shape index (κ1) is 10.3. The molecule has 0 saturated heterocycles. The van der Waals surface area contributed by atoms with Crippen LogP contribution in [-0.2, 0) is 6.61 Å². The van der Waals surface area contributed by atoms with E-state index in [0.29, 0.717) is 0 Å². The predicted molar refractivity (Wildman–Crippen MR) is 47.2 cm³/mol. The number of nitrogens with two attached hydrogens (primary N) is 1. The van der Waals surface area contributed by atoms with Crippen LogP contribution in [0.15, 0.2) is 10.8 Å². The highest BCUT2D eigenvalue weighted by Gasteiger charge is 2.16. The second-order valence-corrected chi connectivity index (χ2v) is 3.11. The standard InChI is InChI=1S/C7H7BrF2N2O/c8-6-5(11)4(2-13)3(1-12-6)7(9)10/h1,7,13H,2,11H2. The number of rotatable bonds is 2. The zero-order valence-corrected chi connectivity index (χ0v) is 8.05. The van der Waals surface area contributed by atoms with Crippen LogP contribution in [0, 0.1) is 0 Å². The van der Waals surface area contributed by atoms with Gasteiger partial charge in [-0.2, -0.15) is 0 Å². The molecule has 0 aliphatic heterocycles. The molecule has 0 aliphatic carbocycles. The molecule has 1 aromatic heterocycles. The molecule has 0 aromatic carbocycles. The number of nitrogens with zero attached hydrogens (tertiary/aromatic N) is 1. The Labute approximate surface area is 81.7 Å². The summed E-state index contributed by atoms with van der Waals surface area (Å²) in [7, 11) is 0. The van der Waals surface area contributed by atoms with Gasteiger partial charge < -0.3 is 10.8 Å². The van der Waals surface area contributed by atoms with E-state index in [1.807, 2.05) is 0 Å². The maximum Gasteiger partial charge on any atom is 0.265 e. The first-order chi connectivity index (χ1) is 6.07. The van der Waals surface area contributed by atoms with E-state index >= 15 is 0 Å². The minimum absolute atomic E-state index is 0.0249. The number of aromatic nitrogens is 1. The molecule has 6 heteroatoms. The SMILES string of the molecule is Nc1c(Br)ncc(C(F)F)c1CO. The fraction of sp³-hybridized carbons (Fsp3) is 0.286. The number of hydrogen-bond donors (Lipinski definition) is 2. The molecule has 3 N–H and O–H groups in total. The van der Waals surface area contributed by atoms with Gasteiger partial charge in [0.25, 0.3) is 6.43 Å². The number of aliphatic hydroxyl groups is 1. The predicted octanol–water partition coefficient (Wildman–Crippen LogP) is 1.86. The van der Waals surface area contributed by atoms with E-state index in [1.54, 1.807) is 0 Å². The molecule has 3 nitrogen and oxygen atoms in total. The van der Waals surface area contributed by atoms with Gasteiger partial charge in [0, 0.05) is 17.3 Å². The normalized spacial score (nSPS) is 10.8. The number of halogens is 3. The summed E-state index contributed by atoms with van der Waals surface area (Å²) < 4.78 is 24.9. The summed E-state index contributed by atoms with van der Waals surface area (Å²) >= 11 is 2.98. The summed E-state index contributed by atoms with van der Waals surface area (Å²) in [6.07, 6.45) is -1.68. The fourth-order valence-electron chi connectivity index (χ4n) is 0.918. The highest BCUT2D eigenvalue weighted by molar-refractivity contribution is 9.10. The van der Waals surface area contributed by atoms with Crippen LogP contribution < -0.4 is 5.73 Å². The molecule has 0 saturated carbocycles. The molecular formula is C7H7BrF2N2O. The number of aliphatic hydroxyl groups excluding tert-OH is 1. The number of alkyl halides is 2. The first-order valence-electron chi connectivity index (χ1n) is 3.39. The van der Waals surface area contributed by atoms with Gasteiger partial charge in [-0.25, -0.2) is 13.8 Å². The monoisotopic (exact) mass is 252 g/mol. The van der Waals surface area contributed by atoms with Crippen LogP contribution >= 0.6 is 15.9 Å². The molecule has 13 heavy (non-hydrogen) atoms. The lowest BCUT2D eigenvalue weighted by Crippen LogP contribution is -2.03. The Kier molecular flexibility index (Phi) is 3.16. The van der Waals surface area contributed by atoms with Crippen molar-refractivity contribution in [1.29, 1.82) is 0 Å². The molecule has 0 atom stereocenters. The summed E-state index contributed by atoms with van der Waals surface area (Å²) in [5, 5.41) is 8.81. The third kappa shape index (κ3) is 1.94. The van der Waals surface area contributed by atoms with Crippen LogP contribution in [0.25, 0.3) is 0 Å².